The summed E-state index contributed by atoms with van der Waals surface area (Å²) in [7, 11) is 1.59. The molecule has 0 aliphatic carbocycles. The van der Waals surface area contributed by atoms with Gasteiger partial charge in [0.05, 0.1) is 30.4 Å². The first kappa shape index (κ1) is 16.5. The number of nitrogens with zero attached hydrogens (tertiary/aromatic N) is 4. The number of fused-ring (bicyclic) bond motifs is 5. The Morgan fingerprint density at radius 3 is 2.93 bits per heavy atom. The Morgan fingerprint density at radius 2 is 2.11 bits per heavy atom. The van der Waals surface area contributed by atoms with Crippen molar-refractivity contribution in [3.8, 4) is 11.4 Å². The number of rotatable bonds is 2. The molecule has 5 rings (SSSR count). The van der Waals surface area contributed by atoms with Crippen molar-refractivity contribution in [2.45, 2.75) is 32.5 Å². The molecule has 1 aromatic carbocycles. The van der Waals surface area contributed by atoms with Crippen LogP contribution in [0.15, 0.2) is 35.4 Å². The van der Waals surface area contributed by atoms with E-state index in [1.54, 1.807) is 29.3 Å². The van der Waals surface area contributed by atoms with Crippen LogP contribution in [-0.4, -0.2) is 31.9 Å². The van der Waals surface area contributed by atoms with Crippen LogP contribution in [0.1, 0.15) is 24.3 Å². The van der Waals surface area contributed by atoms with Crippen LogP contribution in [0.5, 0.6) is 5.75 Å². The van der Waals surface area contributed by atoms with Crippen LogP contribution < -0.4 is 10.3 Å². The van der Waals surface area contributed by atoms with Crippen molar-refractivity contribution < 1.29 is 9.47 Å². The monoisotopic (exact) mass is 382 g/mol. The standard InChI is InChI=1S/C19H18N4O3S/c1-19(2)8-11-14(9-26-19)27-17-15(11)16(24)23(18-21-20-10-22(17)18)12-6-4-5-7-13(12)25-3/h4-7,10H,8-9H2,1-3H3. The lowest BCUT2D eigenvalue weighted by atomic mass is 9.94. The fourth-order valence-electron chi connectivity index (χ4n) is 3.69. The first-order valence-corrected chi connectivity index (χ1v) is 9.48. The number of aromatic nitrogens is 4. The van der Waals surface area contributed by atoms with E-state index < -0.39 is 0 Å². The molecule has 0 amide bonds. The Morgan fingerprint density at radius 1 is 1.30 bits per heavy atom. The predicted molar refractivity (Wildman–Crippen MR) is 103 cm³/mol. The Bertz CT molecular complexity index is 1250. The molecular formula is C19H18N4O3S. The predicted octanol–water partition coefficient (Wildman–Crippen LogP) is 2.95. The molecule has 7 nitrogen and oxygen atoms in total. The molecule has 0 fully saturated rings. The zero-order valence-electron chi connectivity index (χ0n) is 15.2. The fraction of sp³-hybridized carbons (Fsp3) is 0.316. The van der Waals surface area contributed by atoms with E-state index in [-0.39, 0.29) is 11.2 Å². The van der Waals surface area contributed by atoms with Gasteiger partial charge in [0.15, 0.2) is 0 Å². The topological polar surface area (TPSA) is 70.7 Å². The number of para-hydroxylation sites is 2. The summed E-state index contributed by atoms with van der Waals surface area (Å²) >= 11 is 1.58. The minimum Gasteiger partial charge on any atom is -0.495 e. The van der Waals surface area contributed by atoms with Gasteiger partial charge in [-0.3, -0.25) is 9.20 Å². The van der Waals surface area contributed by atoms with Gasteiger partial charge in [-0.2, -0.15) is 0 Å². The summed E-state index contributed by atoms with van der Waals surface area (Å²) in [6.07, 6.45) is 2.34. The Kier molecular flexibility index (Phi) is 3.44. The summed E-state index contributed by atoms with van der Waals surface area (Å²) in [6.45, 7) is 4.62. The molecule has 0 bridgehead atoms. The lowest BCUT2D eigenvalue weighted by molar-refractivity contribution is -0.0379. The quantitative estimate of drug-likeness (QED) is 0.533. The highest BCUT2D eigenvalue weighted by Crippen LogP contribution is 2.38. The van der Waals surface area contributed by atoms with Crippen LogP contribution in [-0.2, 0) is 17.8 Å². The third-order valence-corrected chi connectivity index (χ3v) is 6.17. The van der Waals surface area contributed by atoms with Crippen molar-refractivity contribution in [2.75, 3.05) is 7.11 Å². The molecule has 3 aromatic heterocycles. The van der Waals surface area contributed by atoms with Gasteiger partial charge >= 0.3 is 0 Å². The van der Waals surface area contributed by atoms with Crippen LogP contribution in [0.25, 0.3) is 21.7 Å². The summed E-state index contributed by atoms with van der Waals surface area (Å²) in [6, 6.07) is 7.44. The molecule has 0 saturated heterocycles. The maximum Gasteiger partial charge on any atom is 0.268 e. The van der Waals surface area contributed by atoms with Gasteiger partial charge in [-0.15, -0.1) is 21.5 Å². The van der Waals surface area contributed by atoms with E-state index in [1.807, 2.05) is 28.7 Å². The number of thiophene rings is 1. The lowest BCUT2D eigenvalue weighted by Crippen LogP contribution is -2.32. The third kappa shape index (κ3) is 2.33. The highest BCUT2D eigenvalue weighted by molar-refractivity contribution is 7.18. The minimum atomic E-state index is -0.301. The van der Waals surface area contributed by atoms with Gasteiger partial charge < -0.3 is 9.47 Å². The molecular weight excluding hydrogens is 364 g/mol. The van der Waals surface area contributed by atoms with E-state index in [0.29, 0.717) is 35.6 Å². The Labute approximate surface area is 158 Å². The van der Waals surface area contributed by atoms with Crippen LogP contribution in [0, 0.1) is 0 Å². The average Bonchev–Trinajstić information content (AvgIpc) is 3.26. The summed E-state index contributed by atoms with van der Waals surface area (Å²) in [5.41, 5.74) is 1.31. The molecule has 0 N–H and O–H groups in total. The minimum absolute atomic E-state index is 0.106. The van der Waals surface area contributed by atoms with Gasteiger partial charge in [0, 0.05) is 11.3 Å². The molecule has 27 heavy (non-hydrogen) atoms. The van der Waals surface area contributed by atoms with E-state index in [9.17, 15) is 4.79 Å². The molecule has 0 saturated carbocycles. The van der Waals surface area contributed by atoms with E-state index in [2.05, 4.69) is 24.0 Å². The largest absolute Gasteiger partial charge is 0.495 e. The average molecular weight is 382 g/mol. The summed E-state index contributed by atoms with van der Waals surface area (Å²) in [5, 5.41) is 8.98. The molecule has 4 aromatic rings. The molecule has 138 valence electrons. The first-order chi connectivity index (χ1) is 13.0. The molecule has 1 aliphatic rings. The summed E-state index contributed by atoms with van der Waals surface area (Å²) < 4.78 is 14.9. The van der Waals surface area contributed by atoms with Crippen molar-refractivity contribution in [2.24, 2.45) is 0 Å². The van der Waals surface area contributed by atoms with Crippen molar-refractivity contribution >= 4 is 27.3 Å². The summed E-state index contributed by atoms with van der Waals surface area (Å²) in [5.74, 6) is 1.08. The maximum absolute atomic E-state index is 13.6. The van der Waals surface area contributed by atoms with Crippen LogP contribution >= 0.6 is 11.3 Å². The van der Waals surface area contributed by atoms with Crippen molar-refractivity contribution in [1.29, 1.82) is 0 Å². The number of benzene rings is 1. The lowest BCUT2D eigenvalue weighted by Gasteiger charge is -2.29. The maximum atomic E-state index is 13.6. The summed E-state index contributed by atoms with van der Waals surface area (Å²) in [4.78, 5) is 15.6. The van der Waals surface area contributed by atoms with E-state index in [0.717, 1.165) is 15.3 Å². The second-order valence-corrected chi connectivity index (χ2v) is 8.31. The number of ether oxygens (including phenoxy) is 2. The van der Waals surface area contributed by atoms with Crippen LogP contribution in [0.3, 0.4) is 0 Å². The Hall–Kier alpha value is -2.71. The highest BCUT2D eigenvalue weighted by atomic mass is 32.1. The van der Waals surface area contributed by atoms with Crippen LogP contribution in [0.2, 0.25) is 0 Å². The van der Waals surface area contributed by atoms with Crippen molar-refractivity contribution in [3.63, 3.8) is 0 Å². The second kappa shape index (κ2) is 5.64. The molecule has 4 heterocycles. The SMILES string of the molecule is COc1ccccc1-n1c(=O)c2c3c(sc2n2cnnc12)COC(C)(C)C3. The second-order valence-electron chi connectivity index (χ2n) is 7.22. The zero-order chi connectivity index (χ0) is 18.8. The molecule has 0 unspecified atom stereocenters. The van der Waals surface area contributed by atoms with Gasteiger partial charge in [0.2, 0.25) is 5.78 Å². The fourth-order valence-corrected chi connectivity index (χ4v) is 4.88. The smallest absolute Gasteiger partial charge is 0.268 e. The van der Waals surface area contributed by atoms with Gasteiger partial charge in [0.1, 0.15) is 16.9 Å². The Balaban J connectivity index is 1.93. The van der Waals surface area contributed by atoms with Gasteiger partial charge in [-0.25, -0.2) is 4.57 Å². The molecule has 0 radical (unpaired) electrons. The van der Waals surface area contributed by atoms with Crippen molar-refractivity contribution in [1.82, 2.24) is 19.2 Å². The number of methoxy groups -OCH3 is 1. The first-order valence-electron chi connectivity index (χ1n) is 8.66. The molecule has 0 atom stereocenters. The number of hydrogen-bond acceptors (Lipinski definition) is 6. The third-order valence-electron chi connectivity index (χ3n) is 4.96. The van der Waals surface area contributed by atoms with Crippen molar-refractivity contribution in [3.05, 3.63) is 51.4 Å². The van der Waals surface area contributed by atoms with E-state index >= 15 is 0 Å². The van der Waals surface area contributed by atoms with E-state index in [4.69, 9.17) is 9.47 Å². The zero-order valence-corrected chi connectivity index (χ0v) is 16.0. The van der Waals surface area contributed by atoms with Gasteiger partial charge in [0.25, 0.3) is 5.56 Å². The molecule has 0 spiro atoms. The van der Waals surface area contributed by atoms with Gasteiger partial charge in [-0.05, 0) is 31.5 Å². The normalized spacial score (nSPS) is 16.0. The highest BCUT2D eigenvalue weighted by Gasteiger charge is 2.32. The number of hydrogen-bond donors (Lipinski definition) is 0. The molecule has 1 aliphatic heterocycles. The molecule has 8 heteroatoms. The van der Waals surface area contributed by atoms with E-state index in [1.165, 1.54) is 0 Å². The van der Waals surface area contributed by atoms with Crippen LogP contribution in [0.4, 0.5) is 0 Å². The van der Waals surface area contributed by atoms with Gasteiger partial charge in [-0.1, -0.05) is 12.1 Å².